The average Bonchev–Trinajstić information content (AvgIpc) is 2.25. The fourth-order valence-corrected chi connectivity index (χ4v) is 3.80. The Balaban J connectivity index is 2.50. The van der Waals surface area contributed by atoms with Crippen LogP contribution in [0.1, 0.15) is 25.7 Å². The summed E-state index contributed by atoms with van der Waals surface area (Å²) >= 11 is 0. The van der Waals surface area contributed by atoms with Crippen LogP contribution in [0.2, 0.25) is 0 Å². The van der Waals surface area contributed by atoms with Crippen molar-refractivity contribution < 1.29 is 23.4 Å². The van der Waals surface area contributed by atoms with Crippen molar-refractivity contribution in [3.05, 3.63) is 0 Å². The molecule has 0 aromatic heterocycles. The maximum atomic E-state index is 11.5. The van der Waals surface area contributed by atoms with E-state index in [4.69, 9.17) is 10.2 Å². The van der Waals surface area contributed by atoms with Gasteiger partial charge in [-0.05, 0) is 25.8 Å². The summed E-state index contributed by atoms with van der Waals surface area (Å²) in [6, 6.07) is -0.407. The third kappa shape index (κ3) is 5.32. The lowest BCUT2D eigenvalue weighted by molar-refractivity contribution is -0.138. The maximum absolute atomic E-state index is 11.5. The van der Waals surface area contributed by atoms with E-state index in [0.717, 1.165) is 19.3 Å². The molecule has 0 bridgehead atoms. The fraction of sp³-hybridized carbons (Fsp3) is 0.909. The smallest absolute Gasteiger partial charge is 0.304 e. The standard InChI is InChI=1S/C11H21NO5S/c13-6-3-1-2-4-12-5-7-18(16,17)9-10(12)8-11(14)15/h10,13H,1-9H2,(H,14,15). The molecule has 2 N–H and O–H groups in total. The van der Waals surface area contributed by atoms with Gasteiger partial charge in [0.2, 0.25) is 0 Å². The fourth-order valence-electron chi connectivity index (χ4n) is 2.21. The Labute approximate surface area is 108 Å². The van der Waals surface area contributed by atoms with Crippen molar-refractivity contribution in [2.24, 2.45) is 0 Å². The predicted molar refractivity (Wildman–Crippen MR) is 67.2 cm³/mol. The van der Waals surface area contributed by atoms with Crippen molar-refractivity contribution in [1.82, 2.24) is 4.90 Å². The predicted octanol–water partition coefficient (Wildman–Crippen LogP) is -0.277. The van der Waals surface area contributed by atoms with Crippen LogP contribution in [-0.2, 0) is 14.6 Å². The third-order valence-electron chi connectivity index (χ3n) is 3.17. The molecule has 0 spiro atoms. The van der Waals surface area contributed by atoms with E-state index >= 15 is 0 Å². The lowest BCUT2D eigenvalue weighted by atomic mass is 10.1. The quantitative estimate of drug-likeness (QED) is 0.623. The highest BCUT2D eigenvalue weighted by Crippen LogP contribution is 2.16. The minimum absolute atomic E-state index is 0.0563. The third-order valence-corrected chi connectivity index (χ3v) is 4.86. The molecule has 1 heterocycles. The Hall–Kier alpha value is -0.660. The summed E-state index contributed by atoms with van der Waals surface area (Å²) in [7, 11) is -3.09. The van der Waals surface area contributed by atoms with E-state index in [0.29, 0.717) is 13.1 Å². The molecule has 1 atom stereocenters. The highest BCUT2D eigenvalue weighted by Gasteiger charge is 2.32. The molecule has 0 aromatic rings. The van der Waals surface area contributed by atoms with Gasteiger partial charge < -0.3 is 10.2 Å². The van der Waals surface area contributed by atoms with E-state index in [9.17, 15) is 13.2 Å². The van der Waals surface area contributed by atoms with Gasteiger partial charge in [-0.15, -0.1) is 0 Å². The second kappa shape index (κ2) is 7.06. The molecule has 0 aromatic carbocycles. The number of carboxylic acid groups (broad SMARTS) is 1. The first-order valence-corrected chi connectivity index (χ1v) is 8.04. The first kappa shape index (κ1) is 15.4. The number of unbranched alkanes of at least 4 members (excludes halogenated alkanes) is 2. The van der Waals surface area contributed by atoms with Gasteiger partial charge in [0.25, 0.3) is 0 Å². The summed E-state index contributed by atoms with van der Waals surface area (Å²) in [6.07, 6.45) is 2.34. The number of aliphatic hydroxyl groups excluding tert-OH is 1. The van der Waals surface area contributed by atoms with Gasteiger partial charge in [-0.25, -0.2) is 8.42 Å². The zero-order chi connectivity index (χ0) is 13.6. The summed E-state index contributed by atoms with van der Waals surface area (Å²) in [5.41, 5.74) is 0. The average molecular weight is 279 g/mol. The molecular formula is C11H21NO5S. The molecular weight excluding hydrogens is 258 g/mol. The van der Waals surface area contributed by atoms with Crippen molar-refractivity contribution in [2.45, 2.75) is 31.7 Å². The molecule has 0 radical (unpaired) electrons. The van der Waals surface area contributed by atoms with Gasteiger partial charge in [-0.2, -0.15) is 0 Å². The Kier molecular flexibility index (Phi) is 6.04. The minimum atomic E-state index is -3.09. The molecule has 0 saturated carbocycles. The topological polar surface area (TPSA) is 94.9 Å². The molecule has 1 saturated heterocycles. The number of hydrogen-bond acceptors (Lipinski definition) is 5. The van der Waals surface area contributed by atoms with Gasteiger partial charge in [0, 0.05) is 19.2 Å². The summed E-state index contributed by atoms with van der Waals surface area (Å²) in [5, 5.41) is 17.5. The summed E-state index contributed by atoms with van der Waals surface area (Å²) < 4.78 is 23.0. The molecule has 106 valence electrons. The van der Waals surface area contributed by atoms with Gasteiger partial charge in [-0.3, -0.25) is 9.69 Å². The highest BCUT2D eigenvalue weighted by atomic mass is 32.2. The Bertz CT molecular complexity index is 368. The second-order valence-corrected chi connectivity index (χ2v) is 6.92. The van der Waals surface area contributed by atoms with E-state index in [1.165, 1.54) is 0 Å². The van der Waals surface area contributed by atoms with Crippen LogP contribution in [-0.4, -0.2) is 66.7 Å². The monoisotopic (exact) mass is 279 g/mol. The number of nitrogens with zero attached hydrogens (tertiary/aromatic N) is 1. The first-order valence-electron chi connectivity index (χ1n) is 6.22. The van der Waals surface area contributed by atoms with Crippen LogP contribution in [0.25, 0.3) is 0 Å². The lowest BCUT2D eigenvalue weighted by Crippen LogP contribution is -2.49. The molecule has 1 rings (SSSR count). The van der Waals surface area contributed by atoms with E-state index < -0.39 is 21.8 Å². The van der Waals surface area contributed by atoms with Crippen LogP contribution in [0.5, 0.6) is 0 Å². The molecule has 7 heteroatoms. The van der Waals surface area contributed by atoms with Crippen molar-refractivity contribution in [3.8, 4) is 0 Å². The number of carboxylic acids is 1. The van der Waals surface area contributed by atoms with E-state index in [1.807, 2.05) is 4.90 Å². The molecule has 1 fully saturated rings. The zero-order valence-corrected chi connectivity index (χ0v) is 11.2. The molecule has 0 amide bonds. The SMILES string of the molecule is O=C(O)CC1CS(=O)(=O)CCN1CCCCCO. The lowest BCUT2D eigenvalue weighted by Gasteiger charge is -2.34. The molecule has 1 unspecified atom stereocenters. The van der Waals surface area contributed by atoms with Crippen molar-refractivity contribution in [3.63, 3.8) is 0 Å². The summed E-state index contributed by atoms with van der Waals surface area (Å²) in [6.45, 7) is 1.28. The van der Waals surface area contributed by atoms with Crippen LogP contribution in [0.15, 0.2) is 0 Å². The largest absolute Gasteiger partial charge is 0.481 e. The molecule has 6 nitrogen and oxygen atoms in total. The van der Waals surface area contributed by atoms with Crippen LogP contribution < -0.4 is 0 Å². The molecule has 1 aliphatic heterocycles. The number of carbonyl (C=O) groups is 1. The van der Waals surface area contributed by atoms with Crippen molar-refractivity contribution in [2.75, 3.05) is 31.2 Å². The number of rotatable bonds is 7. The van der Waals surface area contributed by atoms with E-state index in [-0.39, 0.29) is 24.5 Å². The normalized spacial score (nSPS) is 23.9. The van der Waals surface area contributed by atoms with Gasteiger partial charge in [0.1, 0.15) is 0 Å². The summed E-state index contributed by atoms with van der Waals surface area (Å²) in [4.78, 5) is 12.7. The number of sulfone groups is 1. The number of aliphatic hydroxyl groups is 1. The Morgan fingerprint density at radius 2 is 2.00 bits per heavy atom. The first-order chi connectivity index (χ1) is 8.44. The van der Waals surface area contributed by atoms with Gasteiger partial charge in [0.15, 0.2) is 9.84 Å². The second-order valence-electron chi connectivity index (χ2n) is 4.69. The van der Waals surface area contributed by atoms with E-state index in [2.05, 4.69) is 0 Å². The highest BCUT2D eigenvalue weighted by molar-refractivity contribution is 7.91. The van der Waals surface area contributed by atoms with Crippen molar-refractivity contribution in [1.29, 1.82) is 0 Å². The zero-order valence-electron chi connectivity index (χ0n) is 10.4. The van der Waals surface area contributed by atoms with Gasteiger partial charge >= 0.3 is 5.97 Å². The van der Waals surface area contributed by atoms with Crippen molar-refractivity contribution >= 4 is 15.8 Å². The Morgan fingerprint density at radius 1 is 1.28 bits per heavy atom. The van der Waals surface area contributed by atoms with Crippen LogP contribution in [0.3, 0.4) is 0 Å². The Morgan fingerprint density at radius 3 is 2.61 bits per heavy atom. The van der Waals surface area contributed by atoms with Crippen LogP contribution >= 0.6 is 0 Å². The maximum Gasteiger partial charge on any atom is 0.304 e. The minimum Gasteiger partial charge on any atom is -0.481 e. The van der Waals surface area contributed by atoms with Crippen LogP contribution in [0.4, 0.5) is 0 Å². The number of hydrogen-bond donors (Lipinski definition) is 2. The molecule has 0 aliphatic carbocycles. The summed E-state index contributed by atoms with van der Waals surface area (Å²) in [5.74, 6) is -0.903. The molecule has 1 aliphatic rings. The molecule has 18 heavy (non-hydrogen) atoms. The van der Waals surface area contributed by atoms with Gasteiger partial charge in [0.05, 0.1) is 17.9 Å². The van der Waals surface area contributed by atoms with Gasteiger partial charge in [-0.1, -0.05) is 0 Å². The van der Waals surface area contributed by atoms with Crippen LogP contribution in [0, 0.1) is 0 Å². The van der Waals surface area contributed by atoms with E-state index in [1.54, 1.807) is 0 Å². The number of aliphatic carboxylic acids is 1.